The minimum Gasteiger partial charge on any atom is -0.357 e. The fraction of sp³-hybridized carbons (Fsp3) is 0.733. The highest BCUT2D eigenvalue weighted by Crippen LogP contribution is 2.14. The Kier molecular flexibility index (Phi) is 7.41. The van der Waals surface area contributed by atoms with Crippen molar-refractivity contribution >= 4 is 5.82 Å². The second-order valence-electron chi connectivity index (χ2n) is 4.94. The van der Waals surface area contributed by atoms with Crippen molar-refractivity contribution in [1.82, 2.24) is 15.3 Å². The zero-order valence-corrected chi connectivity index (χ0v) is 12.9. The van der Waals surface area contributed by atoms with Crippen LogP contribution in [0.1, 0.15) is 51.0 Å². The molecular weight excluding hydrogens is 236 g/mol. The van der Waals surface area contributed by atoms with Gasteiger partial charge in [-0.15, -0.1) is 0 Å². The number of hydrogen-bond donors (Lipinski definition) is 1. The molecule has 0 aliphatic heterocycles. The Morgan fingerprint density at radius 2 is 1.95 bits per heavy atom. The summed E-state index contributed by atoms with van der Waals surface area (Å²) in [5.74, 6) is 1.92. The summed E-state index contributed by atoms with van der Waals surface area (Å²) in [6.07, 6.45) is 5.16. The summed E-state index contributed by atoms with van der Waals surface area (Å²) in [6, 6.07) is 2.10. The molecule has 0 aromatic carbocycles. The largest absolute Gasteiger partial charge is 0.357 e. The average molecular weight is 264 g/mol. The van der Waals surface area contributed by atoms with Gasteiger partial charge in [-0.05, 0) is 27.3 Å². The predicted molar refractivity (Wildman–Crippen MR) is 81.6 cm³/mol. The lowest BCUT2D eigenvalue weighted by atomic mass is 10.2. The standard InChI is InChI=1S/C15H28N4/c1-5-7-8-9-10-19(6-2)15-11-14(12-16-4)17-13(3)18-15/h11,16H,5-10,12H2,1-4H3. The Hall–Kier alpha value is -1.16. The summed E-state index contributed by atoms with van der Waals surface area (Å²) in [4.78, 5) is 11.4. The summed E-state index contributed by atoms with van der Waals surface area (Å²) in [7, 11) is 1.94. The van der Waals surface area contributed by atoms with Crippen LogP contribution < -0.4 is 10.2 Å². The van der Waals surface area contributed by atoms with E-state index in [9.17, 15) is 0 Å². The van der Waals surface area contributed by atoms with Crippen molar-refractivity contribution in [1.29, 1.82) is 0 Å². The molecule has 0 aliphatic carbocycles. The van der Waals surface area contributed by atoms with Gasteiger partial charge in [0.1, 0.15) is 11.6 Å². The van der Waals surface area contributed by atoms with E-state index < -0.39 is 0 Å². The van der Waals surface area contributed by atoms with Crippen molar-refractivity contribution in [2.45, 2.75) is 53.0 Å². The summed E-state index contributed by atoms with van der Waals surface area (Å²) in [6.45, 7) is 9.29. The smallest absolute Gasteiger partial charge is 0.132 e. The Morgan fingerprint density at radius 3 is 2.58 bits per heavy atom. The van der Waals surface area contributed by atoms with Crippen LogP contribution in [0.5, 0.6) is 0 Å². The molecule has 1 aromatic rings. The third-order valence-electron chi connectivity index (χ3n) is 3.22. The fourth-order valence-electron chi connectivity index (χ4n) is 2.21. The van der Waals surface area contributed by atoms with Crippen LogP contribution in [0.3, 0.4) is 0 Å². The summed E-state index contributed by atoms with van der Waals surface area (Å²) < 4.78 is 0. The van der Waals surface area contributed by atoms with Crippen molar-refractivity contribution in [3.8, 4) is 0 Å². The molecule has 19 heavy (non-hydrogen) atoms. The van der Waals surface area contributed by atoms with Gasteiger partial charge in [0.15, 0.2) is 0 Å². The lowest BCUT2D eigenvalue weighted by Crippen LogP contribution is -2.26. The lowest BCUT2D eigenvalue weighted by Gasteiger charge is -2.22. The zero-order valence-electron chi connectivity index (χ0n) is 12.9. The Morgan fingerprint density at radius 1 is 1.16 bits per heavy atom. The maximum atomic E-state index is 4.57. The number of aromatic nitrogens is 2. The molecule has 0 fully saturated rings. The third kappa shape index (κ3) is 5.55. The van der Waals surface area contributed by atoms with Gasteiger partial charge < -0.3 is 10.2 Å². The van der Waals surface area contributed by atoms with Crippen molar-refractivity contribution in [2.24, 2.45) is 0 Å². The van der Waals surface area contributed by atoms with Crippen LogP contribution in [0.2, 0.25) is 0 Å². The van der Waals surface area contributed by atoms with Crippen LogP contribution in [0, 0.1) is 6.92 Å². The number of hydrogen-bond acceptors (Lipinski definition) is 4. The molecule has 0 atom stereocenters. The highest BCUT2D eigenvalue weighted by atomic mass is 15.2. The zero-order chi connectivity index (χ0) is 14.1. The van der Waals surface area contributed by atoms with Gasteiger partial charge >= 0.3 is 0 Å². The van der Waals surface area contributed by atoms with E-state index in [2.05, 4.69) is 40.1 Å². The molecule has 0 radical (unpaired) electrons. The molecular formula is C15H28N4. The summed E-state index contributed by atoms with van der Waals surface area (Å²) >= 11 is 0. The number of nitrogens with zero attached hydrogens (tertiary/aromatic N) is 3. The lowest BCUT2D eigenvalue weighted by molar-refractivity contribution is 0.644. The van der Waals surface area contributed by atoms with E-state index in [4.69, 9.17) is 0 Å². The predicted octanol–water partition coefficient (Wildman–Crippen LogP) is 2.91. The molecule has 4 nitrogen and oxygen atoms in total. The van der Waals surface area contributed by atoms with Crippen molar-refractivity contribution in [3.05, 3.63) is 17.6 Å². The highest BCUT2D eigenvalue weighted by molar-refractivity contribution is 5.39. The molecule has 1 heterocycles. The van der Waals surface area contributed by atoms with Gasteiger partial charge in [0.05, 0.1) is 5.69 Å². The van der Waals surface area contributed by atoms with E-state index in [-0.39, 0.29) is 0 Å². The van der Waals surface area contributed by atoms with Crippen LogP contribution in [0.25, 0.3) is 0 Å². The van der Waals surface area contributed by atoms with Gasteiger partial charge in [0, 0.05) is 25.7 Å². The highest BCUT2D eigenvalue weighted by Gasteiger charge is 2.08. The number of aryl methyl sites for hydroxylation is 1. The number of rotatable bonds is 9. The molecule has 0 saturated carbocycles. The first kappa shape index (κ1) is 15.9. The second-order valence-corrected chi connectivity index (χ2v) is 4.94. The first-order valence-corrected chi connectivity index (χ1v) is 7.45. The molecule has 4 heteroatoms. The fourth-order valence-corrected chi connectivity index (χ4v) is 2.21. The minimum absolute atomic E-state index is 0.795. The first-order valence-electron chi connectivity index (χ1n) is 7.45. The minimum atomic E-state index is 0.795. The first-order chi connectivity index (χ1) is 9.21. The normalized spacial score (nSPS) is 10.7. The van der Waals surface area contributed by atoms with Gasteiger partial charge in [-0.1, -0.05) is 26.2 Å². The van der Waals surface area contributed by atoms with Crippen molar-refractivity contribution in [3.63, 3.8) is 0 Å². The molecule has 1 rings (SSSR count). The van der Waals surface area contributed by atoms with E-state index in [0.717, 1.165) is 37.0 Å². The number of anilines is 1. The van der Waals surface area contributed by atoms with E-state index in [1.165, 1.54) is 25.7 Å². The maximum Gasteiger partial charge on any atom is 0.132 e. The van der Waals surface area contributed by atoms with Crippen LogP contribution >= 0.6 is 0 Å². The van der Waals surface area contributed by atoms with E-state index in [1.54, 1.807) is 0 Å². The third-order valence-corrected chi connectivity index (χ3v) is 3.22. The van der Waals surface area contributed by atoms with E-state index in [0.29, 0.717) is 0 Å². The summed E-state index contributed by atoms with van der Waals surface area (Å²) in [5.41, 5.74) is 1.07. The molecule has 0 amide bonds. The molecule has 0 spiro atoms. The van der Waals surface area contributed by atoms with Crippen LogP contribution in [-0.2, 0) is 6.54 Å². The molecule has 0 unspecified atom stereocenters. The molecule has 0 saturated heterocycles. The Labute approximate surface area is 117 Å². The van der Waals surface area contributed by atoms with Crippen molar-refractivity contribution < 1.29 is 0 Å². The van der Waals surface area contributed by atoms with Gasteiger partial charge in [0.25, 0.3) is 0 Å². The van der Waals surface area contributed by atoms with Gasteiger partial charge in [-0.2, -0.15) is 0 Å². The quantitative estimate of drug-likeness (QED) is 0.696. The van der Waals surface area contributed by atoms with Gasteiger partial charge in [-0.25, -0.2) is 9.97 Å². The molecule has 0 bridgehead atoms. The maximum absolute atomic E-state index is 4.57. The van der Waals surface area contributed by atoms with Crippen LogP contribution in [0.15, 0.2) is 6.07 Å². The van der Waals surface area contributed by atoms with Crippen molar-refractivity contribution in [2.75, 3.05) is 25.0 Å². The monoisotopic (exact) mass is 264 g/mol. The molecule has 0 aliphatic rings. The topological polar surface area (TPSA) is 41.0 Å². The summed E-state index contributed by atoms with van der Waals surface area (Å²) in [5, 5.41) is 3.15. The molecule has 108 valence electrons. The number of unbranched alkanes of at least 4 members (excludes halogenated alkanes) is 3. The Bertz CT molecular complexity index is 365. The molecule has 1 N–H and O–H groups in total. The van der Waals surface area contributed by atoms with Crippen LogP contribution in [-0.4, -0.2) is 30.1 Å². The Balaban J connectivity index is 2.68. The molecule has 1 aromatic heterocycles. The van der Waals surface area contributed by atoms with Gasteiger partial charge in [0.2, 0.25) is 0 Å². The SMILES string of the molecule is CCCCCCN(CC)c1cc(CNC)nc(C)n1. The average Bonchev–Trinajstić information content (AvgIpc) is 2.38. The number of nitrogens with one attached hydrogen (secondary N) is 1. The second kappa shape index (κ2) is 8.86. The van der Waals surface area contributed by atoms with Crippen LogP contribution in [0.4, 0.5) is 5.82 Å². The van der Waals surface area contributed by atoms with E-state index in [1.807, 2.05) is 14.0 Å². The van der Waals surface area contributed by atoms with E-state index >= 15 is 0 Å². The van der Waals surface area contributed by atoms with Gasteiger partial charge in [-0.3, -0.25) is 0 Å².